The van der Waals surface area contributed by atoms with Crippen molar-refractivity contribution in [1.29, 1.82) is 0 Å². The molecular weight excluding hydrogens is 344 g/mol. The zero-order valence-corrected chi connectivity index (χ0v) is 11.5. The maximum absolute atomic E-state index is 12.8. The number of rotatable bonds is 3. The molecule has 0 bridgehead atoms. The first-order valence-electron chi connectivity index (χ1n) is 6.07. The van der Waals surface area contributed by atoms with Crippen LogP contribution in [0.25, 0.3) is 11.4 Å². The lowest BCUT2D eigenvalue weighted by Crippen LogP contribution is -2.17. The Labute approximate surface area is 130 Å². The predicted molar refractivity (Wildman–Crippen MR) is 67.2 cm³/mol. The summed E-state index contributed by atoms with van der Waals surface area (Å²) in [5.41, 5.74) is -3.55. The Morgan fingerprint density at radius 2 is 1.62 bits per heavy atom. The molecular formula is C13H7F6N3O2. The lowest BCUT2D eigenvalue weighted by molar-refractivity contribution is -0.143. The molecule has 0 saturated heterocycles. The maximum Gasteiger partial charge on any atom is 0.416 e. The number of nitrogens with zero attached hydrogens (tertiary/aromatic N) is 3. The Bertz CT molecular complexity index is 746. The van der Waals surface area contributed by atoms with Gasteiger partial charge in [-0.05, 0) is 18.2 Å². The number of alkyl halides is 6. The molecule has 0 amide bonds. The molecule has 1 aromatic carbocycles. The summed E-state index contributed by atoms with van der Waals surface area (Å²) < 4.78 is 76.7. The van der Waals surface area contributed by atoms with Gasteiger partial charge in [-0.1, -0.05) is 11.4 Å². The fraction of sp³-hybridized carbons (Fsp3) is 0.154. The largest absolute Gasteiger partial charge is 0.416 e. The van der Waals surface area contributed by atoms with E-state index in [0.29, 0.717) is 17.0 Å². The molecule has 24 heavy (non-hydrogen) atoms. The molecule has 0 saturated carbocycles. The Morgan fingerprint density at radius 3 is 2.08 bits per heavy atom. The minimum Gasteiger partial charge on any atom is -0.313 e. The van der Waals surface area contributed by atoms with Gasteiger partial charge in [-0.25, -0.2) is 9.78 Å². The normalized spacial score (nSPS) is 12.1. The van der Waals surface area contributed by atoms with Gasteiger partial charge in [0, 0.05) is 11.6 Å². The van der Waals surface area contributed by atoms with Gasteiger partial charge in [-0.2, -0.15) is 26.3 Å². The van der Waals surface area contributed by atoms with Crippen molar-refractivity contribution in [2.24, 2.45) is 0 Å². The summed E-state index contributed by atoms with van der Waals surface area (Å²) >= 11 is 0. The summed E-state index contributed by atoms with van der Waals surface area (Å²) in [5, 5.41) is 3.49. The van der Waals surface area contributed by atoms with Crippen LogP contribution in [0.15, 0.2) is 37.2 Å². The quantitative estimate of drug-likeness (QED) is 0.630. The van der Waals surface area contributed by atoms with Crippen molar-refractivity contribution < 1.29 is 36.0 Å². The van der Waals surface area contributed by atoms with Gasteiger partial charge in [-0.3, -0.25) is 0 Å². The number of halogens is 6. The SMILES string of the molecule is C=CC(=O)On1cnc(-c2cc(C(F)(F)F)cc(C(F)(F)F)c2)n1. The van der Waals surface area contributed by atoms with Crippen molar-refractivity contribution in [2.45, 2.75) is 12.4 Å². The Morgan fingerprint density at radius 1 is 1.08 bits per heavy atom. The molecule has 0 unspecified atom stereocenters. The van der Waals surface area contributed by atoms with E-state index < -0.39 is 40.8 Å². The molecule has 0 aliphatic heterocycles. The first-order valence-corrected chi connectivity index (χ1v) is 6.07. The van der Waals surface area contributed by atoms with E-state index >= 15 is 0 Å². The summed E-state index contributed by atoms with van der Waals surface area (Å²) in [5.74, 6) is -1.42. The van der Waals surface area contributed by atoms with E-state index in [-0.39, 0.29) is 6.07 Å². The third-order valence-corrected chi connectivity index (χ3v) is 2.67. The Hall–Kier alpha value is -2.85. The average Bonchev–Trinajstić information content (AvgIpc) is 2.93. The van der Waals surface area contributed by atoms with Crippen molar-refractivity contribution in [3.8, 4) is 11.4 Å². The molecule has 0 atom stereocenters. The number of benzene rings is 1. The minimum absolute atomic E-state index is 0.0156. The first-order chi connectivity index (χ1) is 11.0. The smallest absolute Gasteiger partial charge is 0.313 e. The lowest BCUT2D eigenvalue weighted by atomic mass is 10.0. The van der Waals surface area contributed by atoms with Crippen LogP contribution in [0.2, 0.25) is 0 Å². The van der Waals surface area contributed by atoms with Crippen LogP contribution in [-0.4, -0.2) is 20.9 Å². The van der Waals surface area contributed by atoms with E-state index in [0.717, 1.165) is 12.4 Å². The van der Waals surface area contributed by atoms with Crippen molar-refractivity contribution in [1.82, 2.24) is 14.9 Å². The van der Waals surface area contributed by atoms with Crippen LogP contribution in [0.5, 0.6) is 0 Å². The number of carbonyl (C=O) groups is 1. The highest BCUT2D eigenvalue weighted by Crippen LogP contribution is 2.37. The molecule has 0 spiro atoms. The van der Waals surface area contributed by atoms with Crippen LogP contribution in [0.4, 0.5) is 26.3 Å². The zero-order chi connectivity index (χ0) is 18.1. The number of aromatic nitrogens is 3. The van der Waals surface area contributed by atoms with Gasteiger partial charge in [0.25, 0.3) is 0 Å². The third kappa shape index (κ3) is 3.91. The summed E-state index contributed by atoms with van der Waals surface area (Å²) in [7, 11) is 0. The van der Waals surface area contributed by atoms with Crippen LogP contribution in [0.1, 0.15) is 11.1 Å². The number of carbonyl (C=O) groups excluding carboxylic acids is 1. The number of hydrogen-bond donors (Lipinski definition) is 0. The molecule has 1 heterocycles. The van der Waals surface area contributed by atoms with Gasteiger partial charge in [0.2, 0.25) is 0 Å². The summed E-state index contributed by atoms with van der Waals surface area (Å²) in [4.78, 5) is 19.5. The van der Waals surface area contributed by atoms with Crippen molar-refractivity contribution >= 4 is 5.97 Å². The van der Waals surface area contributed by atoms with Gasteiger partial charge in [-0.15, -0.1) is 5.10 Å². The second-order valence-electron chi connectivity index (χ2n) is 4.38. The van der Waals surface area contributed by atoms with Gasteiger partial charge in [0.05, 0.1) is 11.1 Å². The summed E-state index contributed by atoms with van der Waals surface area (Å²) in [6, 6.07) is 0.909. The van der Waals surface area contributed by atoms with Crippen LogP contribution in [-0.2, 0) is 17.1 Å². The van der Waals surface area contributed by atoms with E-state index in [1.165, 1.54) is 0 Å². The molecule has 11 heteroatoms. The van der Waals surface area contributed by atoms with E-state index in [1.54, 1.807) is 0 Å². The van der Waals surface area contributed by atoms with Crippen molar-refractivity contribution in [3.05, 3.63) is 48.3 Å². The number of hydrogen-bond acceptors (Lipinski definition) is 4. The standard InChI is InChI=1S/C13H7F6N3O2/c1-2-10(23)24-22-6-20-11(21-22)7-3-8(12(14,15)16)5-9(4-7)13(17,18)19/h2-6H,1H2. The fourth-order valence-electron chi connectivity index (χ4n) is 1.64. The maximum atomic E-state index is 12.8. The molecule has 2 aromatic rings. The molecule has 0 aliphatic rings. The summed E-state index contributed by atoms with van der Waals surface area (Å²) in [6.45, 7) is 3.11. The van der Waals surface area contributed by atoms with E-state index in [2.05, 4.69) is 21.5 Å². The minimum atomic E-state index is -4.99. The second-order valence-corrected chi connectivity index (χ2v) is 4.38. The molecule has 1 aromatic heterocycles. The highest BCUT2D eigenvalue weighted by atomic mass is 19.4. The fourth-order valence-corrected chi connectivity index (χ4v) is 1.64. The predicted octanol–water partition coefficient (Wildman–Crippen LogP) is 3.12. The second kappa shape index (κ2) is 5.98. The molecule has 5 nitrogen and oxygen atoms in total. The van der Waals surface area contributed by atoms with Gasteiger partial charge in [0.15, 0.2) is 12.2 Å². The van der Waals surface area contributed by atoms with Crippen LogP contribution < -0.4 is 4.84 Å². The molecule has 0 fully saturated rings. The molecule has 2 rings (SSSR count). The molecule has 128 valence electrons. The van der Waals surface area contributed by atoms with Crippen LogP contribution in [0, 0.1) is 0 Å². The zero-order valence-electron chi connectivity index (χ0n) is 11.5. The highest BCUT2D eigenvalue weighted by Gasteiger charge is 2.37. The molecule has 0 N–H and O–H groups in total. The molecule has 0 aliphatic carbocycles. The summed E-state index contributed by atoms with van der Waals surface area (Å²) in [6.07, 6.45) is -8.39. The van der Waals surface area contributed by atoms with E-state index in [1.807, 2.05) is 0 Å². The lowest BCUT2D eigenvalue weighted by Gasteiger charge is -2.13. The van der Waals surface area contributed by atoms with Gasteiger partial charge in [0.1, 0.15) is 0 Å². The highest BCUT2D eigenvalue weighted by molar-refractivity contribution is 5.81. The van der Waals surface area contributed by atoms with Crippen molar-refractivity contribution in [2.75, 3.05) is 0 Å². The van der Waals surface area contributed by atoms with Gasteiger partial charge >= 0.3 is 18.3 Å². The van der Waals surface area contributed by atoms with E-state index in [9.17, 15) is 31.1 Å². The Balaban J connectivity index is 2.50. The first kappa shape index (κ1) is 17.5. The van der Waals surface area contributed by atoms with E-state index in [4.69, 9.17) is 0 Å². The Kier molecular flexibility index (Phi) is 4.36. The van der Waals surface area contributed by atoms with Gasteiger partial charge < -0.3 is 4.84 Å². The monoisotopic (exact) mass is 351 g/mol. The molecule has 0 radical (unpaired) electrons. The topological polar surface area (TPSA) is 57.0 Å². The average molecular weight is 351 g/mol. The third-order valence-electron chi connectivity index (χ3n) is 2.67. The van der Waals surface area contributed by atoms with Crippen LogP contribution in [0.3, 0.4) is 0 Å². The van der Waals surface area contributed by atoms with Crippen molar-refractivity contribution in [3.63, 3.8) is 0 Å². The van der Waals surface area contributed by atoms with Crippen LogP contribution >= 0.6 is 0 Å².